The summed E-state index contributed by atoms with van der Waals surface area (Å²) in [6.45, 7) is 4.15. The lowest BCUT2D eigenvalue weighted by molar-refractivity contribution is -0.495. The van der Waals surface area contributed by atoms with Gasteiger partial charge in [-0.3, -0.25) is 10.1 Å². The highest BCUT2D eigenvalue weighted by molar-refractivity contribution is 4.81. The summed E-state index contributed by atoms with van der Waals surface area (Å²) in [5.74, 6) is 0. The SMILES string of the molecule is CC(O)C(C)(C)C(O)C[N+](=O)[O-]. The first kappa shape index (κ1) is 11.3. The van der Waals surface area contributed by atoms with Gasteiger partial charge in [0, 0.05) is 10.3 Å². The lowest BCUT2D eigenvalue weighted by Gasteiger charge is -2.30. The van der Waals surface area contributed by atoms with E-state index >= 15 is 0 Å². The predicted molar refractivity (Wildman–Crippen MR) is 43.3 cm³/mol. The molecule has 0 aliphatic rings. The Morgan fingerprint density at radius 3 is 2.17 bits per heavy atom. The zero-order valence-electron chi connectivity index (χ0n) is 7.52. The van der Waals surface area contributed by atoms with Crippen molar-refractivity contribution >= 4 is 0 Å². The Balaban J connectivity index is 4.24. The third-order valence-corrected chi connectivity index (χ3v) is 2.26. The second-order valence-electron chi connectivity index (χ2n) is 3.53. The predicted octanol–water partition coefficient (Wildman–Crippen LogP) is 0.0310. The minimum atomic E-state index is -1.12. The summed E-state index contributed by atoms with van der Waals surface area (Å²) in [4.78, 5) is 9.45. The van der Waals surface area contributed by atoms with Crippen LogP contribution >= 0.6 is 0 Å². The molecule has 0 aliphatic heterocycles. The number of hydrogen-bond acceptors (Lipinski definition) is 4. The quantitative estimate of drug-likeness (QED) is 0.468. The van der Waals surface area contributed by atoms with Crippen LogP contribution in [-0.2, 0) is 0 Å². The molecule has 0 saturated heterocycles. The Bertz CT molecular complexity index is 167. The van der Waals surface area contributed by atoms with Crippen molar-refractivity contribution in [2.24, 2.45) is 5.41 Å². The summed E-state index contributed by atoms with van der Waals surface area (Å²) in [5, 5.41) is 28.5. The highest BCUT2D eigenvalue weighted by Crippen LogP contribution is 2.25. The summed E-state index contributed by atoms with van der Waals surface area (Å²) in [6.07, 6.45) is -1.89. The highest BCUT2D eigenvalue weighted by Gasteiger charge is 2.35. The number of hydrogen-bond donors (Lipinski definition) is 2. The second-order valence-corrected chi connectivity index (χ2v) is 3.53. The van der Waals surface area contributed by atoms with Crippen LogP contribution in [0.25, 0.3) is 0 Å². The zero-order valence-corrected chi connectivity index (χ0v) is 7.52. The number of nitro groups is 1. The number of aliphatic hydroxyl groups excluding tert-OH is 2. The maximum absolute atomic E-state index is 10.0. The topological polar surface area (TPSA) is 83.6 Å². The molecule has 0 fully saturated rings. The molecule has 12 heavy (non-hydrogen) atoms. The molecule has 0 aromatic heterocycles. The fourth-order valence-corrected chi connectivity index (χ4v) is 0.655. The largest absolute Gasteiger partial charge is 0.393 e. The average molecular weight is 177 g/mol. The molecular formula is C7H15NO4. The highest BCUT2D eigenvalue weighted by atomic mass is 16.6. The lowest BCUT2D eigenvalue weighted by Crippen LogP contribution is -2.42. The Kier molecular flexibility index (Phi) is 3.60. The Labute approximate surface area is 71.2 Å². The smallest absolute Gasteiger partial charge is 0.230 e. The first-order valence-electron chi connectivity index (χ1n) is 3.76. The van der Waals surface area contributed by atoms with E-state index in [1.54, 1.807) is 13.8 Å². The fourth-order valence-electron chi connectivity index (χ4n) is 0.655. The average Bonchev–Trinajstić information content (AvgIpc) is 1.85. The van der Waals surface area contributed by atoms with Gasteiger partial charge in [-0.15, -0.1) is 0 Å². The first-order valence-corrected chi connectivity index (χ1v) is 3.76. The van der Waals surface area contributed by atoms with Crippen molar-refractivity contribution in [2.75, 3.05) is 6.54 Å². The van der Waals surface area contributed by atoms with Gasteiger partial charge in [0.2, 0.25) is 6.54 Å². The van der Waals surface area contributed by atoms with E-state index in [1.165, 1.54) is 6.92 Å². The van der Waals surface area contributed by atoms with Crippen LogP contribution in [0.1, 0.15) is 20.8 Å². The van der Waals surface area contributed by atoms with E-state index in [-0.39, 0.29) is 0 Å². The first-order chi connectivity index (χ1) is 5.28. The molecule has 0 radical (unpaired) electrons. The van der Waals surface area contributed by atoms with Gasteiger partial charge >= 0.3 is 0 Å². The number of nitrogens with zero attached hydrogens (tertiary/aromatic N) is 1. The molecule has 0 rings (SSSR count). The van der Waals surface area contributed by atoms with E-state index in [2.05, 4.69) is 0 Å². The molecule has 0 spiro atoms. The van der Waals surface area contributed by atoms with Crippen molar-refractivity contribution in [2.45, 2.75) is 33.0 Å². The van der Waals surface area contributed by atoms with Gasteiger partial charge in [0.05, 0.1) is 6.10 Å². The van der Waals surface area contributed by atoms with Gasteiger partial charge in [-0.05, 0) is 6.92 Å². The summed E-state index contributed by atoms with van der Waals surface area (Å²) < 4.78 is 0. The minimum absolute atomic E-state index is 0.530. The van der Waals surface area contributed by atoms with Gasteiger partial charge in [-0.1, -0.05) is 13.8 Å². The zero-order chi connectivity index (χ0) is 9.94. The molecule has 0 heterocycles. The molecule has 2 atom stereocenters. The molecule has 0 saturated carbocycles. The van der Waals surface area contributed by atoms with E-state index in [0.717, 1.165) is 0 Å². The number of aliphatic hydroxyl groups is 2. The monoisotopic (exact) mass is 177 g/mol. The maximum Gasteiger partial charge on any atom is 0.230 e. The van der Waals surface area contributed by atoms with Gasteiger partial charge in [-0.2, -0.15) is 0 Å². The molecule has 0 amide bonds. The summed E-state index contributed by atoms with van der Waals surface area (Å²) in [7, 11) is 0. The molecule has 5 nitrogen and oxygen atoms in total. The summed E-state index contributed by atoms with van der Waals surface area (Å²) in [5.41, 5.74) is -0.840. The van der Waals surface area contributed by atoms with Gasteiger partial charge in [-0.25, -0.2) is 0 Å². The third kappa shape index (κ3) is 2.75. The van der Waals surface area contributed by atoms with Gasteiger partial charge < -0.3 is 10.2 Å². The van der Waals surface area contributed by atoms with Crippen molar-refractivity contribution in [3.8, 4) is 0 Å². The van der Waals surface area contributed by atoms with Gasteiger partial charge in [0.1, 0.15) is 6.10 Å². The third-order valence-electron chi connectivity index (χ3n) is 2.26. The van der Waals surface area contributed by atoms with Crippen LogP contribution in [0, 0.1) is 15.5 Å². The Hall–Kier alpha value is -0.680. The minimum Gasteiger partial charge on any atom is -0.393 e. The van der Waals surface area contributed by atoms with Gasteiger partial charge in [0.15, 0.2) is 0 Å². The van der Waals surface area contributed by atoms with Crippen molar-refractivity contribution in [3.63, 3.8) is 0 Å². The van der Waals surface area contributed by atoms with E-state index < -0.39 is 29.1 Å². The van der Waals surface area contributed by atoms with E-state index in [0.29, 0.717) is 0 Å². The standard InChI is InChI=1S/C7H15NO4/c1-5(9)7(2,3)6(10)4-8(11)12/h5-6,9-10H,4H2,1-3H3. The molecule has 0 aromatic carbocycles. The van der Waals surface area contributed by atoms with Gasteiger partial charge in [0.25, 0.3) is 0 Å². The summed E-state index contributed by atoms with van der Waals surface area (Å²) >= 11 is 0. The van der Waals surface area contributed by atoms with Crippen molar-refractivity contribution in [3.05, 3.63) is 10.1 Å². The van der Waals surface area contributed by atoms with Crippen LogP contribution in [0.3, 0.4) is 0 Å². The van der Waals surface area contributed by atoms with Crippen molar-refractivity contribution in [1.29, 1.82) is 0 Å². The van der Waals surface area contributed by atoms with Crippen LogP contribution in [0.2, 0.25) is 0 Å². The van der Waals surface area contributed by atoms with Crippen molar-refractivity contribution in [1.82, 2.24) is 0 Å². The van der Waals surface area contributed by atoms with Crippen LogP contribution < -0.4 is 0 Å². The second kappa shape index (κ2) is 3.82. The maximum atomic E-state index is 10.0. The van der Waals surface area contributed by atoms with E-state index in [9.17, 15) is 20.3 Å². The van der Waals surface area contributed by atoms with Crippen LogP contribution in [0.5, 0.6) is 0 Å². The van der Waals surface area contributed by atoms with Crippen LogP contribution in [0.15, 0.2) is 0 Å². The normalized spacial score (nSPS) is 17.1. The van der Waals surface area contributed by atoms with Crippen LogP contribution in [-0.4, -0.2) is 33.9 Å². The van der Waals surface area contributed by atoms with E-state index in [1.807, 2.05) is 0 Å². The Morgan fingerprint density at radius 2 is 1.92 bits per heavy atom. The lowest BCUT2D eigenvalue weighted by atomic mass is 9.81. The number of rotatable bonds is 4. The summed E-state index contributed by atoms with van der Waals surface area (Å²) in [6, 6.07) is 0. The molecule has 0 bridgehead atoms. The van der Waals surface area contributed by atoms with E-state index in [4.69, 9.17) is 0 Å². The fraction of sp³-hybridized carbons (Fsp3) is 1.00. The molecule has 2 unspecified atom stereocenters. The van der Waals surface area contributed by atoms with Crippen molar-refractivity contribution < 1.29 is 15.1 Å². The van der Waals surface area contributed by atoms with Crippen LogP contribution in [0.4, 0.5) is 0 Å². The molecular weight excluding hydrogens is 162 g/mol. The molecule has 5 heteroatoms. The molecule has 72 valence electrons. The molecule has 0 aromatic rings. The Morgan fingerprint density at radius 1 is 1.50 bits per heavy atom. The molecule has 2 N–H and O–H groups in total. The molecule has 0 aliphatic carbocycles.